The quantitative estimate of drug-likeness (QED) is 0.762. The van der Waals surface area contributed by atoms with Crippen LogP contribution >= 0.6 is 0 Å². The number of aliphatic hydroxyl groups is 1. The summed E-state index contributed by atoms with van der Waals surface area (Å²) in [5.74, 6) is 0. The standard InChI is InChI=1S/C11H18N2O3.C2H6/c1-12-8-5-11(7-14)3-2-4-13(11)9(8)6-16-10(12)15;1-2/h8-9,14H,2-7H2,1H3;1-2H3. The SMILES string of the molecule is CC.CN1C(=O)OCC2C1CC1(CO)CCCN21. The van der Waals surface area contributed by atoms with Crippen LogP contribution in [0.2, 0.25) is 0 Å². The number of carbonyl (C=O) groups excluding carboxylic acids is 1. The average molecular weight is 256 g/mol. The minimum absolute atomic E-state index is 0.0857. The summed E-state index contributed by atoms with van der Waals surface area (Å²) in [5.41, 5.74) is -0.0857. The van der Waals surface area contributed by atoms with Crippen molar-refractivity contribution < 1.29 is 14.6 Å². The maximum absolute atomic E-state index is 11.5. The average Bonchev–Trinajstić information content (AvgIpc) is 2.93. The highest BCUT2D eigenvalue weighted by atomic mass is 16.6. The predicted octanol–water partition coefficient (Wildman–Crippen LogP) is 1.06. The van der Waals surface area contributed by atoms with Crippen molar-refractivity contribution in [2.75, 3.05) is 26.8 Å². The number of likely N-dealkylation sites (N-methyl/N-ethyl adjacent to an activating group) is 1. The van der Waals surface area contributed by atoms with Crippen LogP contribution in [-0.2, 0) is 4.74 Å². The summed E-state index contributed by atoms with van der Waals surface area (Å²) >= 11 is 0. The lowest BCUT2D eigenvalue weighted by molar-refractivity contribution is 0.00866. The molecule has 3 unspecified atom stereocenters. The Kier molecular flexibility index (Phi) is 3.82. The molecule has 0 spiro atoms. The van der Waals surface area contributed by atoms with Crippen LogP contribution in [0.3, 0.4) is 0 Å². The van der Waals surface area contributed by atoms with Gasteiger partial charge in [0, 0.05) is 12.6 Å². The fourth-order valence-corrected chi connectivity index (χ4v) is 3.65. The second-order valence-electron chi connectivity index (χ2n) is 5.21. The zero-order chi connectivity index (χ0) is 13.3. The van der Waals surface area contributed by atoms with E-state index in [2.05, 4.69) is 4.90 Å². The molecule has 0 aromatic heterocycles. The molecular weight excluding hydrogens is 232 g/mol. The van der Waals surface area contributed by atoms with E-state index in [1.165, 1.54) is 0 Å². The van der Waals surface area contributed by atoms with Gasteiger partial charge in [0.2, 0.25) is 0 Å². The van der Waals surface area contributed by atoms with E-state index in [0.29, 0.717) is 6.61 Å². The van der Waals surface area contributed by atoms with Crippen molar-refractivity contribution in [3.8, 4) is 0 Å². The summed E-state index contributed by atoms with van der Waals surface area (Å²) in [4.78, 5) is 15.5. The number of carbonyl (C=O) groups is 1. The highest BCUT2D eigenvalue weighted by molar-refractivity contribution is 5.69. The van der Waals surface area contributed by atoms with Gasteiger partial charge in [0.15, 0.2) is 0 Å². The first-order chi connectivity index (χ1) is 8.68. The maximum atomic E-state index is 11.5. The van der Waals surface area contributed by atoms with Gasteiger partial charge in [-0.15, -0.1) is 0 Å². The minimum Gasteiger partial charge on any atom is -0.448 e. The Balaban J connectivity index is 0.000000574. The van der Waals surface area contributed by atoms with Gasteiger partial charge in [-0.1, -0.05) is 13.8 Å². The minimum atomic E-state index is -0.226. The molecule has 3 aliphatic rings. The van der Waals surface area contributed by atoms with Gasteiger partial charge >= 0.3 is 6.09 Å². The van der Waals surface area contributed by atoms with Gasteiger partial charge in [0.25, 0.3) is 0 Å². The molecule has 0 bridgehead atoms. The largest absolute Gasteiger partial charge is 0.448 e. The van der Waals surface area contributed by atoms with E-state index in [-0.39, 0.29) is 30.3 Å². The number of hydrogen-bond acceptors (Lipinski definition) is 4. The van der Waals surface area contributed by atoms with Gasteiger partial charge < -0.3 is 14.7 Å². The summed E-state index contributed by atoms with van der Waals surface area (Å²) in [6.07, 6.45) is 2.84. The molecule has 5 nitrogen and oxygen atoms in total. The highest BCUT2D eigenvalue weighted by Crippen LogP contribution is 2.44. The molecule has 1 amide bonds. The van der Waals surface area contributed by atoms with Crippen molar-refractivity contribution in [3.05, 3.63) is 0 Å². The van der Waals surface area contributed by atoms with E-state index in [9.17, 15) is 9.90 Å². The predicted molar refractivity (Wildman–Crippen MR) is 68.4 cm³/mol. The van der Waals surface area contributed by atoms with Crippen LogP contribution in [0.25, 0.3) is 0 Å². The fraction of sp³-hybridized carbons (Fsp3) is 0.923. The number of amides is 1. The van der Waals surface area contributed by atoms with Crippen molar-refractivity contribution in [2.24, 2.45) is 0 Å². The van der Waals surface area contributed by atoms with E-state index in [0.717, 1.165) is 25.8 Å². The summed E-state index contributed by atoms with van der Waals surface area (Å²) < 4.78 is 5.17. The summed E-state index contributed by atoms with van der Waals surface area (Å²) in [6.45, 7) is 5.70. The lowest BCUT2D eigenvalue weighted by Crippen LogP contribution is -2.54. The highest BCUT2D eigenvalue weighted by Gasteiger charge is 2.57. The number of fused-ring (bicyclic) bond motifs is 3. The molecule has 3 saturated heterocycles. The van der Waals surface area contributed by atoms with E-state index in [1.54, 1.807) is 11.9 Å². The van der Waals surface area contributed by atoms with Crippen LogP contribution in [0.15, 0.2) is 0 Å². The third-order valence-corrected chi connectivity index (χ3v) is 4.54. The molecule has 1 N–H and O–H groups in total. The number of aliphatic hydroxyl groups excluding tert-OH is 1. The number of ether oxygens (including phenoxy) is 1. The van der Waals surface area contributed by atoms with Crippen molar-refractivity contribution in [3.63, 3.8) is 0 Å². The molecule has 3 rings (SSSR count). The molecule has 3 aliphatic heterocycles. The number of nitrogens with zero attached hydrogens (tertiary/aromatic N) is 2. The Labute approximate surface area is 109 Å². The molecule has 0 saturated carbocycles. The van der Waals surface area contributed by atoms with Gasteiger partial charge in [-0.2, -0.15) is 0 Å². The monoisotopic (exact) mass is 256 g/mol. The molecule has 0 aromatic rings. The molecule has 104 valence electrons. The summed E-state index contributed by atoms with van der Waals surface area (Å²) in [7, 11) is 1.80. The van der Waals surface area contributed by atoms with Crippen LogP contribution < -0.4 is 0 Å². The maximum Gasteiger partial charge on any atom is 0.409 e. The first-order valence-corrected chi connectivity index (χ1v) is 6.95. The smallest absolute Gasteiger partial charge is 0.409 e. The third-order valence-electron chi connectivity index (χ3n) is 4.54. The fourth-order valence-electron chi connectivity index (χ4n) is 3.65. The Morgan fingerprint density at radius 2 is 2.17 bits per heavy atom. The van der Waals surface area contributed by atoms with E-state index >= 15 is 0 Å². The zero-order valence-electron chi connectivity index (χ0n) is 11.6. The first-order valence-electron chi connectivity index (χ1n) is 6.95. The van der Waals surface area contributed by atoms with Crippen molar-refractivity contribution in [2.45, 2.75) is 50.7 Å². The topological polar surface area (TPSA) is 53.0 Å². The van der Waals surface area contributed by atoms with Crippen LogP contribution in [0.1, 0.15) is 33.1 Å². The number of cyclic esters (lactones) is 1. The molecule has 18 heavy (non-hydrogen) atoms. The molecule has 3 heterocycles. The molecule has 0 aromatic carbocycles. The van der Waals surface area contributed by atoms with Crippen molar-refractivity contribution in [1.29, 1.82) is 0 Å². The van der Waals surface area contributed by atoms with Gasteiger partial charge in [0.1, 0.15) is 6.61 Å². The van der Waals surface area contributed by atoms with Gasteiger partial charge in [-0.25, -0.2) is 4.79 Å². The van der Waals surface area contributed by atoms with Crippen molar-refractivity contribution in [1.82, 2.24) is 9.80 Å². The Bertz CT molecular complexity index is 323. The third kappa shape index (κ3) is 1.80. The van der Waals surface area contributed by atoms with Crippen LogP contribution in [0.4, 0.5) is 4.79 Å². The molecule has 0 radical (unpaired) electrons. The van der Waals surface area contributed by atoms with E-state index in [4.69, 9.17) is 4.74 Å². The van der Waals surface area contributed by atoms with Crippen LogP contribution in [0.5, 0.6) is 0 Å². The van der Waals surface area contributed by atoms with Crippen molar-refractivity contribution >= 4 is 6.09 Å². The Morgan fingerprint density at radius 1 is 1.44 bits per heavy atom. The number of hydrogen-bond donors (Lipinski definition) is 1. The number of rotatable bonds is 1. The van der Waals surface area contributed by atoms with Gasteiger partial charge in [-0.05, 0) is 25.8 Å². The van der Waals surface area contributed by atoms with Crippen LogP contribution in [-0.4, -0.2) is 65.4 Å². The lowest BCUT2D eigenvalue weighted by atomic mass is 9.92. The lowest BCUT2D eigenvalue weighted by Gasteiger charge is -2.37. The molecule has 5 heteroatoms. The first kappa shape index (κ1) is 13.6. The van der Waals surface area contributed by atoms with Gasteiger partial charge in [-0.3, -0.25) is 4.90 Å². The van der Waals surface area contributed by atoms with Crippen LogP contribution in [0, 0.1) is 0 Å². The Hall–Kier alpha value is -0.810. The zero-order valence-corrected chi connectivity index (χ0v) is 11.6. The second kappa shape index (κ2) is 5.05. The normalized spacial score (nSPS) is 38.7. The van der Waals surface area contributed by atoms with E-state index in [1.807, 2.05) is 13.8 Å². The van der Waals surface area contributed by atoms with E-state index < -0.39 is 0 Å². The molecule has 3 fully saturated rings. The molecule has 3 atom stereocenters. The summed E-state index contributed by atoms with van der Waals surface area (Å²) in [6, 6.07) is 0.492. The second-order valence-corrected chi connectivity index (χ2v) is 5.21. The van der Waals surface area contributed by atoms with Gasteiger partial charge in [0.05, 0.1) is 18.7 Å². The molecular formula is C13H24N2O3. The summed E-state index contributed by atoms with van der Waals surface area (Å²) in [5, 5.41) is 9.64. The Morgan fingerprint density at radius 3 is 2.83 bits per heavy atom. The molecule has 0 aliphatic carbocycles.